The molecule has 8 heteroatoms. The molecule has 0 saturated carbocycles. The van der Waals surface area contributed by atoms with Crippen molar-refractivity contribution in [1.82, 2.24) is 15.2 Å². The Kier molecular flexibility index (Phi) is 5.44. The minimum absolute atomic E-state index is 0.115. The molecule has 8 nitrogen and oxygen atoms in total. The van der Waals surface area contributed by atoms with E-state index in [0.717, 1.165) is 22.2 Å². The molecule has 0 unspecified atom stereocenters. The van der Waals surface area contributed by atoms with Crippen LogP contribution in [0.4, 0.5) is 4.79 Å². The van der Waals surface area contributed by atoms with E-state index in [2.05, 4.69) is 15.2 Å². The van der Waals surface area contributed by atoms with E-state index in [-0.39, 0.29) is 5.57 Å². The maximum Gasteiger partial charge on any atom is 0.328 e. The highest BCUT2D eigenvalue weighted by atomic mass is 16.5. The van der Waals surface area contributed by atoms with Crippen molar-refractivity contribution in [3.63, 3.8) is 0 Å². The molecular weight excluding hydrogens is 398 g/mol. The fourth-order valence-electron chi connectivity index (χ4n) is 3.66. The molecule has 4 rings (SSSR count). The van der Waals surface area contributed by atoms with Gasteiger partial charge in [-0.25, -0.2) is 4.79 Å². The van der Waals surface area contributed by atoms with Crippen LogP contribution >= 0.6 is 0 Å². The van der Waals surface area contributed by atoms with Gasteiger partial charge in [-0.2, -0.15) is 0 Å². The predicted octanol–water partition coefficient (Wildman–Crippen LogP) is 2.79. The van der Waals surface area contributed by atoms with E-state index in [1.807, 2.05) is 55.5 Å². The van der Waals surface area contributed by atoms with Gasteiger partial charge in [0.15, 0.2) is 11.5 Å². The van der Waals surface area contributed by atoms with E-state index in [4.69, 9.17) is 9.47 Å². The molecule has 0 atom stereocenters. The Labute approximate surface area is 178 Å². The molecule has 4 amide bonds. The van der Waals surface area contributed by atoms with Crippen molar-refractivity contribution >= 4 is 34.8 Å². The first-order valence-corrected chi connectivity index (χ1v) is 9.71. The van der Waals surface area contributed by atoms with Gasteiger partial charge in [-0.05, 0) is 31.2 Å². The maximum absolute atomic E-state index is 12.2. The number of nitrogens with one attached hydrogen (secondary N) is 2. The number of carbonyl (C=O) groups is 3. The average molecular weight is 419 g/mol. The minimum Gasteiger partial charge on any atom is -0.493 e. The second kappa shape index (κ2) is 8.35. The molecule has 0 radical (unpaired) electrons. The normalized spacial score (nSPS) is 13.7. The van der Waals surface area contributed by atoms with Gasteiger partial charge in [0.1, 0.15) is 12.2 Å². The zero-order valence-corrected chi connectivity index (χ0v) is 17.1. The number of rotatable bonds is 6. The summed E-state index contributed by atoms with van der Waals surface area (Å²) in [6.07, 6.45) is 1.52. The summed E-state index contributed by atoms with van der Waals surface area (Å²) in [7, 11) is 1.59. The quantitative estimate of drug-likeness (QED) is 0.473. The monoisotopic (exact) mass is 419 g/mol. The average Bonchev–Trinajstić information content (AvgIpc) is 3.02. The zero-order valence-electron chi connectivity index (χ0n) is 17.1. The number of urea groups is 1. The van der Waals surface area contributed by atoms with Crippen LogP contribution < -0.4 is 20.1 Å². The lowest BCUT2D eigenvalue weighted by molar-refractivity contribution is -0.123. The molecule has 1 fully saturated rings. The first kappa shape index (κ1) is 20.2. The Bertz CT molecular complexity index is 1200. The Morgan fingerprint density at radius 3 is 2.29 bits per heavy atom. The van der Waals surface area contributed by atoms with Crippen molar-refractivity contribution in [2.24, 2.45) is 0 Å². The molecule has 2 aromatic carbocycles. The summed E-state index contributed by atoms with van der Waals surface area (Å²) < 4.78 is 13.3. The fraction of sp³-hybridized carbons (Fsp3) is 0.174. The highest BCUT2D eigenvalue weighted by molar-refractivity contribution is 6.31. The third-order valence-corrected chi connectivity index (χ3v) is 5.15. The molecule has 158 valence electrons. The van der Waals surface area contributed by atoms with E-state index < -0.39 is 17.8 Å². The van der Waals surface area contributed by atoms with Gasteiger partial charge in [-0.1, -0.05) is 30.3 Å². The first-order valence-electron chi connectivity index (χ1n) is 9.71. The zero-order chi connectivity index (χ0) is 22.0. The third-order valence-electron chi connectivity index (χ3n) is 5.15. The number of para-hydroxylation sites is 3. The van der Waals surface area contributed by atoms with Crippen molar-refractivity contribution in [1.29, 1.82) is 0 Å². The summed E-state index contributed by atoms with van der Waals surface area (Å²) in [4.78, 5) is 35.7. The number of hydrogen-bond donors (Lipinski definition) is 2. The van der Waals surface area contributed by atoms with Crippen LogP contribution in [0.3, 0.4) is 0 Å². The number of amides is 4. The summed E-state index contributed by atoms with van der Waals surface area (Å²) in [6, 6.07) is 14.3. The Balaban J connectivity index is 1.66. The molecule has 1 saturated heterocycles. The lowest BCUT2D eigenvalue weighted by atomic mass is 10.1. The number of carbonyl (C=O) groups excluding carboxylic acids is 3. The third kappa shape index (κ3) is 3.87. The van der Waals surface area contributed by atoms with E-state index >= 15 is 0 Å². The van der Waals surface area contributed by atoms with Crippen molar-refractivity contribution in [2.75, 3.05) is 13.7 Å². The smallest absolute Gasteiger partial charge is 0.328 e. The number of hydrogen-bond acceptors (Lipinski definition) is 5. The number of ether oxygens (including phenoxy) is 2. The number of nitrogens with zero attached hydrogens (tertiary/aromatic N) is 1. The van der Waals surface area contributed by atoms with Crippen molar-refractivity contribution in [3.05, 3.63) is 65.4 Å². The molecule has 1 aliphatic rings. The van der Waals surface area contributed by atoms with Crippen LogP contribution in [-0.4, -0.2) is 36.1 Å². The molecule has 0 spiro atoms. The molecule has 1 aromatic heterocycles. The van der Waals surface area contributed by atoms with E-state index in [0.29, 0.717) is 24.7 Å². The second-order valence-corrected chi connectivity index (χ2v) is 6.96. The van der Waals surface area contributed by atoms with Crippen molar-refractivity contribution < 1.29 is 23.9 Å². The highest BCUT2D eigenvalue weighted by Crippen LogP contribution is 2.29. The standard InChI is InChI=1S/C23H21N3O5/c1-14-16(13-17-21(27)24-23(29)25-22(17)28)15-7-3-4-8-18(15)26(14)11-12-31-20-10-6-5-9-19(20)30-2/h3-10,13H,11-12H2,1-2H3,(H2,24,25,27,28,29). The number of aromatic nitrogens is 1. The van der Waals surface area contributed by atoms with E-state index in [9.17, 15) is 14.4 Å². The topological polar surface area (TPSA) is 98.7 Å². The van der Waals surface area contributed by atoms with Crippen LogP contribution in [-0.2, 0) is 16.1 Å². The highest BCUT2D eigenvalue weighted by Gasteiger charge is 2.28. The number of benzene rings is 2. The van der Waals surface area contributed by atoms with E-state index in [1.54, 1.807) is 7.11 Å². The fourth-order valence-corrected chi connectivity index (χ4v) is 3.66. The van der Waals surface area contributed by atoms with Gasteiger partial charge in [0.05, 0.1) is 13.7 Å². The number of methoxy groups -OCH3 is 1. The summed E-state index contributed by atoms with van der Waals surface area (Å²) >= 11 is 0. The second-order valence-electron chi connectivity index (χ2n) is 6.96. The molecule has 3 aromatic rings. The number of fused-ring (bicyclic) bond motifs is 1. The minimum atomic E-state index is -0.820. The Morgan fingerprint density at radius 1 is 0.935 bits per heavy atom. The molecule has 2 heterocycles. The van der Waals surface area contributed by atoms with Gasteiger partial charge in [0, 0.05) is 22.2 Å². The molecule has 0 aliphatic carbocycles. The van der Waals surface area contributed by atoms with Crippen LogP contribution in [0.25, 0.3) is 17.0 Å². The lowest BCUT2D eigenvalue weighted by Gasteiger charge is -2.14. The summed E-state index contributed by atoms with van der Waals surface area (Å²) in [5.41, 5.74) is 2.44. The summed E-state index contributed by atoms with van der Waals surface area (Å²) in [5, 5.41) is 5.09. The molecule has 2 N–H and O–H groups in total. The molecular formula is C23H21N3O5. The summed E-state index contributed by atoms with van der Waals surface area (Å²) in [6.45, 7) is 2.86. The van der Waals surface area contributed by atoms with Crippen LogP contribution in [0.15, 0.2) is 54.1 Å². The van der Waals surface area contributed by atoms with Crippen LogP contribution in [0.2, 0.25) is 0 Å². The number of imide groups is 2. The number of barbiturate groups is 1. The van der Waals surface area contributed by atoms with Crippen molar-refractivity contribution in [2.45, 2.75) is 13.5 Å². The molecule has 31 heavy (non-hydrogen) atoms. The largest absolute Gasteiger partial charge is 0.493 e. The Morgan fingerprint density at radius 2 is 1.58 bits per heavy atom. The lowest BCUT2D eigenvalue weighted by Crippen LogP contribution is -2.51. The van der Waals surface area contributed by atoms with E-state index in [1.165, 1.54) is 6.08 Å². The van der Waals surface area contributed by atoms with Gasteiger partial charge in [-0.3, -0.25) is 20.2 Å². The molecule has 0 bridgehead atoms. The van der Waals surface area contributed by atoms with Gasteiger partial charge in [0.2, 0.25) is 0 Å². The van der Waals surface area contributed by atoms with Gasteiger partial charge in [0.25, 0.3) is 11.8 Å². The van der Waals surface area contributed by atoms with Gasteiger partial charge >= 0.3 is 6.03 Å². The van der Waals surface area contributed by atoms with Crippen LogP contribution in [0.5, 0.6) is 11.5 Å². The Hall–Kier alpha value is -4.07. The SMILES string of the molecule is COc1ccccc1OCCn1c(C)c(C=C2C(=O)NC(=O)NC2=O)c2ccccc21. The van der Waals surface area contributed by atoms with Crippen LogP contribution in [0.1, 0.15) is 11.3 Å². The molecule has 1 aliphatic heterocycles. The van der Waals surface area contributed by atoms with Gasteiger partial charge in [-0.15, -0.1) is 0 Å². The van der Waals surface area contributed by atoms with Crippen LogP contribution in [0, 0.1) is 6.92 Å². The van der Waals surface area contributed by atoms with Gasteiger partial charge < -0.3 is 14.0 Å². The predicted molar refractivity (Wildman–Crippen MR) is 115 cm³/mol. The summed E-state index contributed by atoms with van der Waals surface area (Å²) in [5.74, 6) is -0.124. The maximum atomic E-state index is 12.2. The first-order chi connectivity index (χ1) is 15.0. The van der Waals surface area contributed by atoms with Crippen molar-refractivity contribution in [3.8, 4) is 11.5 Å².